The maximum atomic E-state index is 12.0. The molecule has 23 heavy (non-hydrogen) atoms. The summed E-state index contributed by atoms with van der Waals surface area (Å²) in [5.74, 6) is 0.944. The normalized spacial score (nSPS) is 11.5. The maximum Gasteiger partial charge on any atom is 0.223 e. The molecular weight excluding hydrogens is 296 g/mol. The molecule has 1 rings (SSSR count). The van der Waals surface area contributed by atoms with E-state index in [1.165, 1.54) is 11.8 Å². The number of carbonyl (C=O) groups is 2. The first kappa shape index (κ1) is 18.8. The molecule has 0 heterocycles. The van der Waals surface area contributed by atoms with Crippen molar-refractivity contribution in [2.24, 2.45) is 0 Å². The summed E-state index contributed by atoms with van der Waals surface area (Å²) in [6.07, 6.45) is 1.09. The summed E-state index contributed by atoms with van der Waals surface area (Å²) in [7, 11) is 3.10. The van der Waals surface area contributed by atoms with E-state index in [2.05, 4.69) is 5.32 Å². The number of rotatable bonds is 8. The van der Waals surface area contributed by atoms with Crippen molar-refractivity contribution in [3.63, 3.8) is 0 Å². The van der Waals surface area contributed by atoms with Gasteiger partial charge in [0.1, 0.15) is 11.5 Å². The highest BCUT2D eigenvalue weighted by Gasteiger charge is 2.18. The molecule has 0 saturated carbocycles. The molecule has 0 aliphatic heterocycles. The minimum atomic E-state index is -0.159. The van der Waals surface area contributed by atoms with Crippen LogP contribution in [0.25, 0.3) is 0 Å². The summed E-state index contributed by atoms with van der Waals surface area (Å²) in [6.45, 7) is 5.70. The largest absolute Gasteiger partial charge is 0.497 e. The van der Waals surface area contributed by atoms with Gasteiger partial charge in [0.05, 0.1) is 19.9 Å². The Morgan fingerprint density at radius 3 is 2.48 bits per heavy atom. The number of amides is 2. The number of anilines is 1. The smallest absolute Gasteiger partial charge is 0.223 e. The highest BCUT2D eigenvalue weighted by Crippen LogP contribution is 2.32. The summed E-state index contributed by atoms with van der Waals surface area (Å²) >= 11 is 0. The van der Waals surface area contributed by atoms with Crippen LogP contribution in [-0.2, 0) is 9.59 Å². The Bertz CT molecular complexity index is 545. The Kier molecular flexibility index (Phi) is 7.38. The van der Waals surface area contributed by atoms with Gasteiger partial charge in [0.15, 0.2) is 0 Å². The van der Waals surface area contributed by atoms with E-state index >= 15 is 0 Å². The van der Waals surface area contributed by atoms with Gasteiger partial charge in [-0.15, -0.1) is 0 Å². The molecule has 0 aromatic heterocycles. The molecular formula is C17H26N2O4. The summed E-state index contributed by atoms with van der Waals surface area (Å²) in [4.78, 5) is 25.5. The van der Waals surface area contributed by atoms with Gasteiger partial charge in [-0.05, 0) is 25.5 Å². The molecule has 1 aromatic carbocycles. The van der Waals surface area contributed by atoms with Crippen LogP contribution < -0.4 is 19.7 Å². The van der Waals surface area contributed by atoms with Gasteiger partial charge in [-0.3, -0.25) is 9.59 Å². The van der Waals surface area contributed by atoms with Gasteiger partial charge >= 0.3 is 0 Å². The molecule has 2 amide bonds. The third-order valence-corrected chi connectivity index (χ3v) is 3.64. The van der Waals surface area contributed by atoms with E-state index < -0.39 is 0 Å². The molecule has 1 atom stereocenters. The zero-order chi connectivity index (χ0) is 17.4. The van der Waals surface area contributed by atoms with E-state index in [-0.39, 0.29) is 30.8 Å². The van der Waals surface area contributed by atoms with Crippen molar-refractivity contribution >= 4 is 17.5 Å². The number of benzene rings is 1. The van der Waals surface area contributed by atoms with Crippen LogP contribution in [0.5, 0.6) is 11.5 Å². The quantitative estimate of drug-likeness (QED) is 0.798. The van der Waals surface area contributed by atoms with E-state index in [0.717, 1.165) is 6.42 Å². The minimum Gasteiger partial charge on any atom is -0.497 e. The van der Waals surface area contributed by atoms with Gasteiger partial charge in [0, 0.05) is 32.0 Å². The Labute approximate surface area is 137 Å². The van der Waals surface area contributed by atoms with Crippen molar-refractivity contribution in [2.45, 2.75) is 39.7 Å². The molecule has 0 saturated heterocycles. The summed E-state index contributed by atoms with van der Waals surface area (Å²) in [5.41, 5.74) is 0.593. The number of nitrogens with one attached hydrogen (secondary N) is 1. The lowest BCUT2D eigenvalue weighted by atomic mass is 10.2. The Morgan fingerprint density at radius 2 is 1.96 bits per heavy atom. The van der Waals surface area contributed by atoms with Crippen LogP contribution in [0.2, 0.25) is 0 Å². The fourth-order valence-electron chi connectivity index (χ4n) is 2.12. The summed E-state index contributed by atoms with van der Waals surface area (Å²) < 4.78 is 10.5. The van der Waals surface area contributed by atoms with Gasteiger partial charge in [0.25, 0.3) is 0 Å². The summed E-state index contributed by atoms with van der Waals surface area (Å²) in [6, 6.07) is 5.35. The van der Waals surface area contributed by atoms with E-state index in [0.29, 0.717) is 17.2 Å². The Morgan fingerprint density at radius 1 is 1.26 bits per heavy atom. The van der Waals surface area contributed by atoms with Crippen LogP contribution in [-0.4, -0.2) is 38.6 Å². The predicted molar refractivity (Wildman–Crippen MR) is 90.1 cm³/mol. The maximum absolute atomic E-state index is 12.0. The highest BCUT2D eigenvalue weighted by atomic mass is 16.5. The van der Waals surface area contributed by atoms with Crippen LogP contribution in [0, 0.1) is 0 Å². The second-order valence-corrected chi connectivity index (χ2v) is 5.34. The molecule has 0 aliphatic carbocycles. The van der Waals surface area contributed by atoms with Gasteiger partial charge in [-0.1, -0.05) is 6.92 Å². The van der Waals surface area contributed by atoms with Crippen molar-refractivity contribution in [3.05, 3.63) is 18.2 Å². The van der Waals surface area contributed by atoms with Crippen molar-refractivity contribution in [3.8, 4) is 11.5 Å². The lowest BCUT2D eigenvalue weighted by Crippen LogP contribution is -2.37. The van der Waals surface area contributed by atoms with Crippen LogP contribution in [0.3, 0.4) is 0 Å². The molecule has 6 nitrogen and oxygen atoms in total. The first-order chi connectivity index (χ1) is 10.9. The van der Waals surface area contributed by atoms with E-state index in [4.69, 9.17) is 9.47 Å². The fraction of sp³-hybridized carbons (Fsp3) is 0.529. The van der Waals surface area contributed by atoms with Crippen LogP contribution in [0.15, 0.2) is 18.2 Å². The number of hydrogen-bond donors (Lipinski definition) is 1. The van der Waals surface area contributed by atoms with Crippen molar-refractivity contribution < 1.29 is 19.1 Å². The highest BCUT2D eigenvalue weighted by molar-refractivity contribution is 5.94. The molecule has 128 valence electrons. The number of carbonyl (C=O) groups excluding carboxylic acids is 2. The monoisotopic (exact) mass is 322 g/mol. The molecule has 0 bridgehead atoms. The number of hydrogen-bond acceptors (Lipinski definition) is 4. The third-order valence-electron chi connectivity index (χ3n) is 3.64. The number of nitrogens with zero attached hydrogens (tertiary/aromatic N) is 1. The lowest BCUT2D eigenvalue weighted by Gasteiger charge is -2.24. The second kappa shape index (κ2) is 9.02. The number of ether oxygens (including phenoxy) is 2. The molecule has 1 N–H and O–H groups in total. The van der Waals surface area contributed by atoms with Gasteiger partial charge in [0.2, 0.25) is 11.8 Å². The van der Waals surface area contributed by atoms with Gasteiger partial charge in [-0.25, -0.2) is 0 Å². The van der Waals surface area contributed by atoms with E-state index in [9.17, 15) is 9.59 Å². The molecule has 0 spiro atoms. The van der Waals surface area contributed by atoms with Crippen molar-refractivity contribution in [1.29, 1.82) is 0 Å². The van der Waals surface area contributed by atoms with Crippen molar-refractivity contribution in [2.75, 3.05) is 25.7 Å². The SMILES string of the molecule is CCC(C)NC(=O)CCN(C(C)=O)c1cc(OC)ccc1OC. The Balaban J connectivity index is 2.90. The average molecular weight is 322 g/mol. The van der Waals surface area contributed by atoms with E-state index in [1.54, 1.807) is 32.4 Å². The van der Waals surface area contributed by atoms with Gasteiger partial charge in [-0.2, -0.15) is 0 Å². The topological polar surface area (TPSA) is 67.9 Å². The molecule has 1 unspecified atom stereocenters. The van der Waals surface area contributed by atoms with Crippen molar-refractivity contribution in [1.82, 2.24) is 5.32 Å². The third kappa shape index (κ3) is 5.47. The van der Waals surface area contributed by atoms with Gasteiger partial charge < -0.3 is 19.7 Å². The van der Waals surface area contributed by atoms with Crippen LogP contribution >= 0.6 is 0 Å². The summed E-state index contributed by atoms with van der Waals surface area (Å²) in [5, 5.41) is 2.89. The van der Waals surface area contributed by atoms with Crippen LogP contribution in [0.1, 0.15) is 33.6 Å². The first-order valence-corrected chi connectivity index (χ1v) is 7.72. The lowest BCUT2D eigenvalue weighted by molar-refractivity contribution is -0.121. The zero-order valence-electron chi connectivity index (χ0n) is 14.5. The molecule has 0 radical (unpaired) electrons. The zero-order valence-corrected chi connectivity index (χ0v) is 14.5. The molecule has 0 aliphatic rings. The first-order valence-electron chi connectivity index (χ1n) is 7.72. The number of methoxy groups -OCH3 is 2. The minimum absolute atomic E-state index is 0.0764. The Hall–Kier alpha value is -2.24. The van der Waals surface area contributed by atoms with E-state index in [1.807, 2.05) is 13.8 Å². The second-order valence-electron chi connectivity index (χ2n) is 5.34. The average Bonchev–Trinajstić information content (AvgIpc) is 2.54. The van der Waals surface area contributed by atoms with Crippen LogP contribution in [0.4, 0.5) is 5.69 Å². The molecule has 1 aromatic rings. The molecule has 6 heteroatoms. The standard InChI is InChI=1S/C17H26N2O4/c1-6-12(2)18-17(21)9-10-19(13(3)20)15-11-14(22-4)7-8-16(15)23-5/h7-8,11-12H,6,9-10H2,1-5H3,(H,18,21). The predicted octanol–water partition coefficient (Wildman–Crippen LogP) is 2.36. The fourth-order valence-corrected chi connectivity index (χ4v) is 2.12. The molecule has 0 fully saturated rings.